The number of ether oxygens (including phenoxy) is 1. The van der Waals surface area contributed by atoms with Crippen LogP contribution in [0.25, 0.3) is 0 Å². The van der Waals surface area contributed by atoms with Gasteiger partial charge in [-0.1, -0.05) is 0 Å². The summed E-state index contributed by atoms with van der Waals surface area (Å²) in [6.07, 6.45) is -1.88. The highest BCUT2D eigenvalue weighted by Crippen LogP contribution is 2.41. The molecule has 98 valence electrons. The van der Waals surface area contributed by atoms with E-state index in [4.69, 9.17) is 4.74 Å². The summed E-state index contributed by atoms with van der Waals surface area (Å²) in [5.74, 6) is 0.485. The SMILES string of the molecule is CC1CC2(CN1)Cc1cc(C(F)(F)F)ncc1O2. The molecule has 1 aromatic rings. The molecule has 1 saturated heterocycles. The molecule has 3 heterocycles. The predicted octanol–water partition coefficient (Wildman–Crippen LogP) is 2.16. The number of pyridine rings is 1. The van der Waals surface area contributed by atoms with Gasteiger partial charge in [-0.05, 0) is 13.0 Å². The molecule has 3 rings (SSSR count). The van der Waals surface area contributed by atoms with Crippen LogP contribution in [0.3, 0.4) is 0 Å². The van der Waals surface area contributed by atoms with E-state index in [0.29, 0.717) is 30.3 Å². The van der Waals surface area contributed by atoms with E-state index in [1.807, 2.05) is 6.92 Å². The third kappa shape index (κ3) is 1.84. The number of nitrogens with one attached hydrogen (secondary N) is 1. The fourth-order valence-corrected chi connectivity index (χ4v) is 2.76. The minimum Gasteiger partial charge on any atom is -0.484 e. The zero-order chi connectivity index (χ0) is 13.0. The molecule has 0 amide bonds. The molecule has 2 aliphatic heterocycles. The Hall–Kier alpha value is -1.30. The average molecular weight is 258 g/mol. The summed E-state index contributed by atoms with van der Waals surface area (Å²) in [7, 11) is 0. The van der Waals surface area contributed by atoms with Gasteiger partial charge in [0.15, 0.2) is 0 Å². The van der Waals surface area contributed by atoms with Gasteiger partial charge in [0.05, 0.1) is 6.20 Å². The van der Waals surface area contributed by atoms with E-state index in [1.165, 1.54) is 6.20 Å². The molecule has 2 atom stereocenters. The van der Waals surface area contributed by atoms with Crippen molar-refractivity contribution in [3.05, 3.63) is 23.5 Å². The molecule has 0 aromatic carbocycles. The Morgan fingerprint density at radius 1 is 1.50 bits per heavy atom. The summed E-state index contributed by atoms with van der Waals surface area (Å²) in [5.41, 5.74) is -0.623. The Balaban J connectivity index is 1.90. The zero-order valence-electron chi connectivity index (χ0n) is 9.84. The van der Waals surface area contributed by atoms with Crippen molar-refractivity contribution in [2.45, 2.75) is 37.6 Å². The first-order valence-electron chi connectivity index (χ1n) is 5.87. The first kappa shape index (κ1) is 11.8. The number of fused-ring (bicyclic) bond motifs is 1. The lowest BCUT2D eigenvalue weighted by Crippen LogP contribution is -2.36. The molecule has 2 unspecified atom stereocenters. The van der Waals surface area contributed by atoms with Gasteiger partial charge >= 0.3 is 6.18 Å². The Morgan fingerprint density at radius 2 is 2.28 bits per heavy atom. The lowest BCUT2D eigenvalue weighted by Gasteiger charge is -2.21. The van der Waals surface area contributed by atoms with Crippen LogP contribution in [0.15, 0.2) is 12.3 Å². The summed E-state index contributed by atoms with van der Waals surface area (Å²) in [6.45, 7) is 2.71. The third-order valence-electron chi connectivity index (χ3n) is 3.53. The topological polar surface area (TPSA) is 34.2 Å². The fourth-order valence-electron chi connectivity index (χ4n) is 2.76. The molecule has 0 radical (unpaired) electrons. The second kappa shape index (κ2) is 3.60. The molecule has 1 fully saturated rings. The van der Waals surface area contributed by atoms with E-state index in [-0.39, 0.29) is 5.60 Å². The van der Waals surface area contributed by atoms with Crippen molar-refractivity contribution in [2.24, 2.45) is 0 Å². The molecule has 18 heavy (non-hydrogen) atoms. The van der Waals surface area contributed by atoms with Crippen molar-refractivity contribution in [2.75, 3.05) is 6.54 Å². The van der Waals surface area contributed by atoms with Crippen molar-refractivity contribution in [1.29, 1.82) is 0 Å². The lowest BCUT2D eigenvalue weighted by atomic mass is 9.94. The van der Waals surface area contributed by atoms with Gasteiger partial charge in [0.2, 0.25) is 0 Å². The average Bonchev–Trinajstić information content (AvgIpc) is 2.79. The maximum Gasteiger partial charge on any atom is 0.433 e. The maximum absolute atomic E-state index is 12.6. The van der Waals surface area contributed by atoms with Crippen LogP contribution in [0.5, 0.6) is 5.75 Å². The first-order chi connectivity index (χ1) is 8.38. The Morgan fingerprint density at radius 3 is 2.89 bits per heavy atom. The summed E-state index contributed by atoms with van der Waals surface area (Å²) < 4.78 is 43.5. The normalized spacial score (nSPS) is 30.6. The van der Waals surface area contributed by atoms with Gasteiger partial charge in [0.1, 0.15) is 17.0 Å². The largest absolute Gasteiger partial charge is 0.484 e. The molecule has 1 spiro atoms. The molecule has 1 aromatic heterocycles. The van der Waals surface area contributed by atoms with Crippen LogP contribution >= 0.6 is 0 Å². The fraction of sp³-hybridized carbons (Fsp3) is 0.583. The number of halogens is 3. The lowest BCUT2D eigenvalue weighted by molar-refractivity contribution is -0.141. The van der Waals surface area contributed by atoms with Crippen molar-refractivity contribution in [3.8, 4) is 5.75 Å². The molecular formula is C12H13F3N2O. The number of alkyl halides is 3. The van der Waals surface area contributed by atoms with E-state index >= 15 is 0 Å². The molecule has 0 saturated carbocycles. The summed E-state index contributed by atoms with van der Waals surface area (Å²) in [4.78, 5) is 3.42. The smallest absolute Gasteiger partial charge is 0.433 e. The number of nitrogens with zero attached hydrogens (tertiary/aromatic N) is 1. The first-order valence-corrected chi connectivity index (χ1v) is 5.87. The van der Waals surface area contributed by atoms with Gasteiger partial charge in [-0.15, -0.1) is 0 Å². The summed E-state index contributed by atoms with van der Waals surface area (Å²) in [5, 5.41) is 3.26. The van der Waals surface area contributed by atoms with E-state index in [9.17, 15) is 13.2 Å². The van der Waals surface area contributed by atoms with Crippen molar-refractivity contribution >= 4 is 0 Å². The van der Waals surface area contributed by atoms with E-state index in [1.54, 1.807) is 0 Å². The van der Waals surface area contributed by atoms with Crippen LogP contribution in [0.1, 0.15) is 24.6 Å². The number of hydrogen-bond donors (Lipinski definition) is 1. The molecule has 6 heteroatoms. The van der Waals surface area contributed by atoms with Crippen LogP contribution in [-0.4, -0.2) is 23.2 Å². The van der Waals surface area contributed by atoms with Crippen LogP contribution in [-0.2, 0) is 12.6 Å². The van der Waals surface area contributed by atoms with Gasteiger partial charge in [-0.3, -0.25) is 0 Å². The van der Waals surface area contributed by atoms with E-state index < -0.39 is 11.9 Å². The molecule has 3 nitrogen and oxygen atoms in total. The predicted molar refractivity (Wildman–Crippen MR) is 58.4 cm³/mol. The summed E-state index contributed by atoms with van der Waals surface area (Å²) in [6, 6.07) is 1.43. The Kier molecular flexibility index (Phi) is 2.35. The quantitative estimate of drug-likeness (QED) is 0.774. The Labute approximate surface area is 102 Å². The van der Waals surface area contributed by atoms with E-state index in [2.05, 4.69) is 10.3 Å². The molecule has 2 aliphatic rings. The van der Waals surface area contributed by atoms with Gasteiger partial charge in [-0.2, -0.15) is 13.2 Å². The van der Waals surface area contributed by atoms with Gasteiger partial charge in [0.25, 0.3) is 0 Å². The van der Waals surface area contributed by atoms with Crippen molar-refractivity contribution in [3.63, 3.8) is 0 Å². The van der Waals surface area contributed by atoms with Crippen molar-refractivity contribution < 1.29 is 17.9 Å². The van der Waals surface area contributed by atoms with Crippen molar-refractivity contribution in [1.82, 2.24) is 10.3 Å². The monoisotopic (exact) mass is 258 g/mol. The number of rotatable bonds is 0. The van der Waals surface area contributed by atoms with Crippen LogP contribution in [0.2, 0.25) is 0 Å². The second-order valence-electron chi connectivity index (χ2n) is 5.12. The second-order valence-corrected chi connectivity index (χ2v) is 5.12. The van der Waals surface area contributed by atoms with Crippen LogP contribution in [0.4, 0.5) is 13.2 Å². The summed E-state index contributed by atoms with van der Waals surface area (Å²) >= 11 is 0. The number of hydrogen-bond acceptors (Lipinski definition) is 3. The molecule has 1 N–H and O–H groups in total. The Bertz CT molecular complexity index is 489. The third-order valence-corrected chi connectivity index (χ3v) is 3.53. The minimum absolute atomic E-state index is 0.328. The van der Waals surface area contributed by atoms with E-state index in [0.717, 1.165) is 12.5 Å². The maximum atomic E-state index is 12.6. The number of aromatic nitrogens is 1. The van der Waals surface area contributed by atoms with Crippen LogP contribution in [0, 0.1) is 0 Å². The minimum atomic E-state index is -4.40. The highest BCUT2D eigenvalue weighted by molar-refractivity contribution is 5.40. The van der Waals surface area contributed by atoms with Gasteiger partial charge < -0.3 is 10.1 Å². The molecule has 0 bridgehead atoms. The van der Waals surface area contributed by atoms with Crippen LogP contribution < -0.4 is 10.1 Å². The molecule has 0 aliphatic carbocycles. The van der Waals surface area contributed by atoms with Gasteiger partial charge in [0, 0.05) is 31.0 Å². The highest BCUT2D eigenvalue weighted by atomic mass is 19.4. The van der Waals surface area contributed by atoms with Gasteiger partial charge in [-0.25, -0.2) is 4.98 Å². The molecular weight excluding hydrogens is 245 g/mol. The zero-order valence-corrected chi connectivity index (χ0v) is 9.84. The standard InChI is InChI=1S/C12H13F3N2O/c1-7-3-11(6-17-7)4-8-2-10(12(13,14)15)16-5-9(8)18-11/h2,5,7,17H,3-4,6H2,1H3. The highest BCUT2D eigenvalue weighted by Gasteiger charge is 2.45.